The molecule has 0 bridgehead atoms. The molecule has 0 saturated heterocycles. The number of fused-ring (bicyclic) bond motifs is 1. The first-order valence-electron chi connectivity index (χ1n) is 7.17. The SMILES string of the molecule is CCC(CC)C(C)NC1CSCc2ccccc21. The van der Waals surface area contributed by atoms with E-state index in [2.05, 4.69) is 62.1 Å². The molecule has 1 aliphatic rings. The first-order valence-corrected chi connectivity index (χ1v) is 8.33. The van der Waals surface area contributed by atoms with E-state index in [0.29, 0.717) is 12.1 Å². The number of benzene rings is 1. The molecule has 1 N–H and O–H groups in total. The van der Waals surface area contributed by atoms with Crippen LogP contribution >= 0.6 is 11.8 Å². The Balaban J connectivity index is 2.07. The van der Waals surface area contributed by atoms with Gasteiger partial charge in [-0.1, -0.05) is 51.0 Å². The van der Waals surface area contributed by atoms with E-state index in [1.54, 1.807) is 0 Å². The van der Waals surface area contributed by atoms with E-state index >= 15 is 0 Å². The van der Waals surface area contributed by atoms with Crippen molar-refractivity contribution in [1.29, 1.82) is 0 Å². The van der Waals surface area contributed by atoms with Gasteiger partial charge in [0.2, 0.25) is 0 Å². The highest BCUT2D eigenvalue weighted by Crippen LogP contribution is 2.32. The van der Waals surface area contributed by atoms with Crippen molar-refractivity contribution in [3.05, 3.63) is 35.4 Å². The fraction of sp³-hybridized carbons (Fsp3) is 0.625. The quantitative estimate of drug-likeness (QED) is 0.845. The van der Waals surface area contributed by atoms with E-state index in [0.717, 1.165) is 5.92 Å². The molecule has 18 heavy (non-hydrogen) atoms. The van der Waals surface area contributed by atoms with Gasteiger partial charge in [0.05, 0.1) is 0 Å². The van der Waals surface area contributed by atoms with E-state index in [4.69, 9.17) is 0 Å². The van der Waals surface area contributed by atoms with Crippen molar-refractivity contribution in [2.75, 3.05) is 5.75 Å². The first kappa shape index (κ1) is 14.0. The van der Waals surface area contributed by atoms with Gasteiger partial charge in [-0.25, -0.2) is 0 Å². The summed E-state index contributed by atoms with van der Waals surface area (Å²) in [6, 6.07) is 10.1. The molecule has 2 heteroatoms. The average Bonchev–Trinajstić information content (AvgIpc) is 2.40. The van der Waals surface area contributed by atoms with Crippen molar-refractivity contribution in [2.24, 2.45) is 5.92 Å². The lowest BCUT2D eigenvalue weighted by atomic mass is 9.93. The molecule has 2 rings (SSSR count). The smallest absolute Gasteiger partial charge is 0.0417 e. The summed E-state index contributed by atoms with van der Waals surface area (Å²) in [5.74, 6) is 3.18. The normalized spacial score (nSPS) is 20.8. The van der Waals surface area contributed by atoms with E-state index in [1.165, 1.54) is 35.5 Å². The summed E-state index contributed by atoms with van der Waals surface area (Å²) in [5.41, 5.74) is 3.04. The molecule has 2 atom stereocenters. The Morgan fingerprint density at radius 1 is 1.28 bits per heavy atom. The summed E-state index contributed by atoms with van der Waals surface area (Å²) in [4.78, 5) is 0. The highest BCUT2D eigenvalue weighted by Gasteiger charge is 2.23. The van der Waals surface area contributed by atoms with Crippen LogP contribution in [0.4, 0.5) is 0 Å². The average molecular weight is 263 g/mol. The van der Waals surface area contributed by atoms with Crippen molar-refractivity contribution in [2.45, 2.75) is 51.4 Å². The van der Waals surface area contributed by atoms with Gasteiger partial charge < -0.3 is 5.32 Å². The van der Waals surface area contributed by atoms with Crippen molar-refractivity contribution >= 4 is 11.8 Å². The minimum absolute atomic E-state index is 0.538. The summed E-state index contributed by atoms with van der Waals surface area (Å²) in [5, 5.41) is 3.86. The molecule has 100 valence electrons. The molecule has 0 saturated carbocycles. The molecule has 1 aromatic rings. The van der Waals surface area contributed by atoms with Crippen LogP contribution in [0.3, 0.4) is 0 Å². The zero-order valence-electron chi connectivity index (χ0n) is 11.8. The molecule has 1 nitrogen and oxygen atoms in total. The molecular weight excluding hydrogens is 238 g/mol. The maximum absolute atomic E-state index is 3.86. The van der Waals surface area contributed by atoms with E-state index in [1.807, 2.05) is 0 Å². The number of nitrogens with one attached hydrogen (secondary N) is 1. The second-order valence-corrected chi connectivity index (χ2v) is 6.33. The highest BCUT2D eigenvalue weighted by molar-refractivity contribution is 7.98. The summed E-state index contributed by atoms with van der Waals surface area (Å²) >= 11 is 2.05. The van der Waals surface area contributed by atoms with Gasteiger partial charge in [-0.2, -0.15) is 11.8 Å². The fourth-order valence-corrected chi connectivity index (χ4v) is 4.08. The topological polar surface area (TPSA) is 12.0 Å². The first-order chi connectivity index (χ1) is 8.76. The van der Waals surface area contributed by atoms with Gasteiger partial charge in [0, 0.05) is 23.6 Å². The van der Waals surface area contributed by atoms with Crippen LogP contribution in [0.15, 0.2) is 24.3 Å². The summed E-state index contributed by atoms with van der Waals surface area (Å²) in [7, 11) is 0. The Kier molecular flexibility index (Phi) is 5.13. The monoisotopic (exact) mass is 263 g/mol. The van der Waals surface area contributed by atoms with Crippen molar-refractivity contribution in [3.63, 3.8) is 0 Å². The van der Waals surface area contributed by atoms with Crippen LogP contribution in [0.25, 0.3) is 0 Å². The molecule has 0 aromatic heterocycles. The van der Waals surface area contributed by atoms with Crippen LogP contribution in [0.5, 0.6) is 0 Å². The highest BCUT2D eigenvalue weighted by atomic mass is 32.2. The zero-order valence-corrected chi connectivity index (χ0v) is 12.6. The number of rotatable bonds is 5. The number of hydrogen-bond donors (Lipinski definition) is 1. The van der Waals surface area contributed by atoms with Crippen molar-refractivity contribution < 1.29 is 0 Å². The fourth-order valence-electron chi connectivity index (χ4n) is 2.97. The van der Waals surface area contributed by atoms with Crippen LogP contribution in [-0.2, 0) is 5.75 Å². The molecular formula is C16H25NS. The van der Waals surface area contributed by atoms with Gasteiger partial charge in [-0.3, -0.25) is 0 Å². The molecule has 2 unspecified atom stereocenters. The Hall–Kier alpha value is -0.470. The molecule has 1 aliphatic heterocycles. The van der Waals surface area contributed by atoms with E-state index in [9.17, 15) is 0 Å². The van der Waals surface area contributed by atoms with Gasteiger partial charge in [-0.05, 0) is 24.0 Å². The molecule has 0 spiro atoms. The van der Waals surface area contributed by atoms with Gasteiger partial charge in [0.15, 0.2) is 0 Å². The summed E-state index contributed by atoms with van der Waals surface area (Å²) in [6.45, 7) is 6.95. The lowest BCUT2D eigenvalue weighted by Gasteiger charge is -2.32. The zero-order chi connectivity index (χ0) is 13.0. The summed E-state index contributed by atoms with van der Waals surface area (Å²) < 4.78 is 0. The second-order valence-electron chi connectivity index (χ2n) is 5.30. The van der Waals surface area contributed by atoms with Crippen molar-refractivity contribution in [1.82, 2.24) is 5.32 Å². The van der Waals surface area contributed by atoms with Crippen LogP contribution < -0.4 is 5.32 Å². The molecule has 1 aromatic carbocycles. The van der Waals surface area contributed by atoms with Crippen LogP contribution in [0.1, 0.15) is 50.8 Å². The second kappa shape index (κ2) is 6.63. The van der Waals surface area contributed by atoms with Crippen LogP contribution in [0.2, 0.25) is 0 Å². The lowest BCUT2D eigenvalue weighted by molar-refractivity contribution is 0.331. The Bertz CT molecular complexity index is 373. The van der Waals surface area contributed by atoms with Gasteiger partial charge in [0.1, 0.15) is 0 Å². The maximum atomic E-state index is 3.86. The predicted octanol–water partition coefficient (Wildman–Crippen LogP) is 4.39. The van der Waals surface area contributed by atoms with E-state index < -0.39 is 0 Å². The molecule has 1 heterocycles. The standard InChI is InChI=1S/C16H25NS/c1-4-13(5-2)12(3)17-16-11-18-10-14-8-6-7-9-15(14)16/h6-9,12-13,16-17H,4-5,10-11H2,1-3H3. The Labute approximate surface area is 116 Å². The molecule has 0 radical (unpaired) electrons. The van der Waals surface area contributed by atoms with Crippen molar-refractivity contribution in [3.8, 4) is 0 Å². The minimum atomic E-state index is 0.538. The number of hydrogen-bond acceptors (Lipinski definition) is 2. The minimum Gasteiger partial charge on any atom is -0.306 e. The molecule has 0 aliphatic carbocycles. The van der Waals surface area contributed by atoms with Gasteiger partial charge in [0.25, 0.3) is 0 Å². The van der Waals surface area contributed by atoms with Gasteiger partial charge >= 0.3 is 0 Å². The Morgan fingerprint density at radius 2 is 2.00 bits per heavy atom. The van der Waals surface area contributed by atoms with Crippen LogP contribution in [0, 0.1) is 5.92 Å². The van der Waals surface area contributed by atoms with Crippen LogP contribution in [-0.4, -0.2) is 11.8 Å². The maximum Gasteiger partial charge on any atom is 0.0417 e. The van der Waals surface area contributed by atoms with Gasteiger partial charge in [-0.15, -0.1) is 0 Å². The van der Waals surface area contributed by atoms with E-state index in [-0.39, 0.29) is 0 Å². The largest absolute Gasteiger partial charge is 0.306 e. The Morgan fingerprint density at radius 3 is 2.72 bits per heavy atom. The summed E-state index contributed by atoms with van der Waals surface area (Å²) in [6.07, 6.45) is 2.54. The number of thioether (sulfide) groups is 1. The third-order valence-electron chi connectivity index (χ3n) is 4.19. The molecule has 0 amide bonds. The third-order valence-corrected chi connectivity index (χ3v) is 5.28. The predicted molar refractivity (Wildman–Crippen MR) is 82.0 cm³/mol. The molecule has 0 fully saturated rings. The third kappa shape index (κ3) is 3.10. The lowest BCUT2D eigenvalue weighted by Crippen LogP contribution is -2.38.